The number of amides is 1. The molecule has 1 rings (SSSR count). The molecule has 1 N–H and O–H groups in total. The second-order valence-corrected chi connectivity index (χ2v) is 3.87. The SMILES string of the molecule is CNC(=O)CCCOCCOC1=CC=CCC=C1. The second-order valence-electron chi connectivity index (χ2n) is 3.87. The lowest BCUT2D eigenvalue weighted by atomic mass is 10.3. The molecule has 4 nitrogen and oxygen atoms in total. The number of rotatable bonds is 8. The van der Waals surface area contributed by atoms with Gasteiger partial charge in [0.1, 0.15) is 12.4 Å². The fourth-order valence-electron chi connectivity index (χ4n) is 1.44. The van der Waals surface area contributed by atoms with Crippen molar-refractivity contribution in [3.63, 3.8) is 0 Å². The highest BCUT2D eigenvalue weighted by atomic mass is 16.5. The summed E-state index contributed by atoms with van der Waals surface area (Å²) in [7, 11) is 1.64. The molecule has 0 aliphatic heterocycles. The minimum atomic E-state index is 0.0513. The molecule has 0 radical (unpaired) electrons. The summed E-state index contributed by atoms with van der Waals surface area (Å²) in [5.41, 5.74) is 0. The maximum atomic E-state index is 10.9. The van der Waals surface area contributed by atoms with Gasteiger partial charge >= 0.3 is 0 Å². The van der Waals surface area contributed by atoms with Crippen LogP contribution < -0.4 is 5.32 Å². The molecule has 0 unspecified atom stereocenters. The van der Waals surface area contributed by atoms with E-state index in [1.54, 1.807) is 7.05 Å². The summed E-state index contributed by atoms with van der Waals surface area (Å²) >= 11 is 0. The topological polar surface area (TPSA) is 47.6 Å². The van der Waals surface area contributed by atoms with E-state index in [9.17, 15) is 4.79 Å². The summed E-state index contributed by atoms with van der Waals surface area (Å²) in [5.74, 6) is 0.910. The van der Waals surface area contributed by atoms with Crippen LogP contribution in [0.25, 0.3) is 0 Å². The third-order valence-electron chi connectivity index (χ3n) is 2.42. The van der Waals surface area contributed by atoms with E-state index in [-0.39, 0.29) is 5.91 Å². The van der Waals surface area contributed by atoms with Crippen molar-refractivity contribution in [1.82, 2.24) is 5.32 Å². The van der Waals surface area contributed by atoms with Gasteiger partial charge in [0, 0.05) is 20.1 Å². The van der Waals surface area contributed by atoms with Gasteiger partial charge in [0.15, 0.2) is 0 Å². The van der Waals surface area contributed by atoms with Gasteiger partial charge in [0.25, 0.3) is 0 Å². The van der Waals surface area contributed by atoms with Crippen molar-refractivity contribution in [2.24, 2.45) is 0 Å². The van der Waals surface area contributed by atoms with Crippen LogP contribution in [0.3, 0.4) is 0 Å². The van der Waals surface area contributed by atoms with Crippen LogP contribution in [0.15, 0.2) is 36.1 Å². The van der Waals surface area contributed by atoms with Gasteiger partial charge in [-0.25, -0.2) is 0 Å². The molecule has 0 atom stereocenters. The van der Waals surface area contributed by atoms with E-state index in [1.807, 2.05) is 18.2 Å². The van der Waals surface area contributed by atoms with Gasteiger partial charge in [-0.1, -0.05) is 18.2 Å². The molecule has 1 aliphatic rings. The molecule has 0 aromatic carbocycles. The first kappa shape index (κ1) is 14.5. The highest BCUT2D eigenvalue weighted by Gasteiger charge is 1.98. The Labute approximate surface area is 108 Å². The van der Waals surface area contributed by atoms with Gasteiger partial charge in [-0.05, 0) is 25.0 Å². The van der Waals surface area contributed by atoms with E-state index in [0.29, 0.717) is 26.2 Å². The Bertz CT molecular complexity index is 332. The van der Waals surface area contributed by atoms with Crippen LogP contribution in [0.4, 0.5) is 0 Å². The van der Waals surface area contributed by atoms with Crippen molar-refractivity contribution in [3.05, 3.63) is 36.1 Å². The van der Waals surface area contributed by atoms with Crippen LogP contribution in [0.5, 0.6) is 0 Å². The molecule has 0 saturated heterocycles. The Morgan fingerprint density at radius 1 is 1.33 bits per heavy atom. The molecule has 1 aliphatic carbocycles. The molecular weight excluding hydrogens is 230 g/mol. The molecule has 0 bridgehead atoms. The average molecular weight is 251 g/mol. The Balaban J connectivity index is 1.97. The van der Waals surface area contributed by atoms with Crippen molar-refractivity contribution >= 4 is 5.91 Å². The summed E-state index contributed by atoms with van der Waals surface area (Å²) < 4.78 is 10.9. The fraction of sp³-hybridized carbons (Fsp3) is 0.500. The first-order valence-corrected chi connectivity index (χ1v) is 6.27. The highest BCUT2D eigenvalue weighted by Crippen LogP contribution is 2.05. The van der Waals surface area contributed by atoms with Gasteiger partial charge < -0.3 is 14.8 Å². The quantitative estimate of drug-likeness (QED) is 0.671. The fourth-order valence-corrected chi connectivity index (χ4v) is 1.44. The van der Waals surface area contributed by atoms with E-state index in [4.69, 9.17) is 9.47 Å². The standard InChI is InChI=1S/C14H21NO3/c1-15-14(16)9-6-10-17-11-12-18-13-7-4-2-3-5-8-13/h2,4-5,7-8H,3,6,9-12H2,1H3,(H,15,16). The van der Waals surface area contributed by atoms with E-state index in [1.165, 1.54) is 0 Å². The molecule has 0 aromatic rings. The molecule has 0 saturated carbocycles. The number of carbonyl (C=O) groups is 1. The average Bonchev–Trinajstić information content (AvgIpc) is 2.66. The van der Waals surface area contributed by atoms with Crippen LogP contribution in [0.2, 0.25) is 0 Å². The van der Waals surface area contributed by atoms with Gasteiger partial charge in [0.05, 0.1) is 6.61 Å². The first-order chi connectivity index (χ1) is 8.83. The van der Waals surface area contributed by atoms with E-state index < -0.39 is 0 Å². The number of hydrogen-bond acceptors (Lipinski definition) is 3. The van der Waals surface area contributed by atoms with E-state index >= 15 is 0 Å². The summed E-state index contributed by atoms with van der Waals surface area (Å²) in [5, 5.41) is 2.58. The van der Waals surface area contributed by atoms with Crippen LogP contribution in [0.1, 0.15) is 19.3 Å². The molecule has 1 amide bonds. The molecular formula is C14H21NO3. The number of hydrogen-bond donors (Lipinski definition) is 1. The smallest absolute Gasteiger partial charge is 0.219 e. The lowest BCUT2D eigenvalue weighted by Crippen LogP contribution is -2.18. The van der Waals surface area contributed by atoms with Crippen molar-refractivity contribution in [2.45, 2.75) is 19.3 Å². The van der Waals surface area contributed by atoms with Crippen LogP contribution in [-0.2, 0) is 14.3 Å². The van der Waals surface area contributed by atoms with E-state index in [2.05, 4.69) is 17.5 Å². The largest absolute Gasteiger partial charge is 0.491 e. The summed E-state index contributed by atoms with van der Waals surface area (Å²) in [6, 6.07) is 0. The Kier molecular flexibility index (Phi) is 7.64. The van der Waals surface area contributed by atoms with Gasteiger partial charge in [-0.15, -0.1) is 0 Å². The lowest BCUT2D eigenvalue weighted by molar-refractivity contribution is -0.120. The van der Waals surface area contributed by atoms with Gasteiger partial charge in [-0.2, -0.15) is 0 Å². The number of carbonyl (C=O) groups excluding carboxylic acids is 1. The Morgan fingerprint density at radius 2 is 2.22 bits per heavy atom. The number of ether oxygens (including phenoxy) is 2. The zero-order chi connectivity index (χ0) is 13.1. The third-order valence-corrected chi connectivity index (χ3v) is 2.42. The normalized spacial score (nSPS) is 13.9. The second kappa shape index (κ2) is 9.48. The van der Waals surface area contributed by atoms with Crippen LogP contribution in [-0.4, -0.2) is 32.8 Å². The maximum absolute atomic E-state index is 10.9. The van der Waals surface area contributed by atoms with Crippen molar-refractivity contribution in [2.75, 3.05) is 26.9 Å². The predicted molar refractivity (Wildman–Crippen MR) is 71.1 cm³/mol. The number of nitrogens with one attached hydrogen (secondary N) is 1. The van der Waals surface area contributed by atoms with Crippen molar-refractivity contribution in [1.29, 1.82) is 0 Å². The zero-order valence-corrected chi connectivity index (χ0v) is 10.9. The summed E-state index contributed by atoms with van der Waals surface area (Å²) in [6.45, 7) is 1.66. The first-order valence-electron chi connectivity index (χ1n) is 6.27. The van der Waals surface area contributed by atoms with Crippen molar-refractivity contribution < 1.29 is 14.3 Å². The molecule has 0 heterocycles. The van der Waals surface area contributed by atoms with Gasteiger partial charge in [-0.3, -0.25) is 4.79 Å². The monoisotopic (exact) mass is 251 g/mol. The third kappa shape index (κ3) is 6.91. The molecule has 18 heavy (non-hydrogen) atoms. The van der Waals surface area contributed by atoms with Crippen molar-refractivity contribution in [3.8, 4) is 0 Å². The minimum Gasteiger partial charge on any atom is -0.491 e. The lowest BCUT2D eigenvalue weighted by Gasteiger charge is -2.07. The predicted octanol–water partition coefficient (Wildman–Crippen LogP) is 1.95. The highest BCUT2D eigenvalue weighted by molar-refractivity contribution is 5.75. The minimum absolute atomic E-state index is 0.0513. The van der Waals surface area contributed by atoms with E-state index in [0.717, 1.165) is 18.6 Å². The Hall–Kier alpha value is -1.55. The Morgan fingerprint density at radius 3 is 3.06 bits per heavy atom. The van der Waals surface area contributed by atoms with Gasteiger partial charge in [0.2, 0.25) is 5.91 Å². The summed E-state index contributed by atoms with van der Waals surface area (Å²) in [6.07, 6.45) is 12.2. The summed E-state index contributed by atoms with van der Waals surface area (Å²) in [4.78, 5) is 10.9. The van der Waals surface area contributed by atoms with Crippen LogP contribution in [0, 0.1) is 0 Å². The van der Waals surface area contributed by atoms with Crippen LogP contribution >= 0.6 is 0 Å². The molecule has 0 aromatic heterocycles. The molecule has 100 valence electrons. The maximum Gasteiger partial charge on any atom is 0.219 e. The zero-order valence-electron chi connectivity index (χ0n) is 10.9. The molecule has 4 heteroatoms. The number of allylic oxidation sites excluding steroid dienone is 5. The molecule has 0 fully saturated rings. The molecule has 0 spiro atoms.